The van der Waals surface area contributed by atoms with Crippen LogP contribution >= 0.6 is 0 Å². The lowest BCUT2D eigenvalue weighted by Gasteiger charge is -2.30. The molecule has 1 fully saturated rings. The van der Waals surface area contributed by atoms with Gasteiger partial charge in [-0.2, -0.15) is 4.31 Å². The van der Waals surface area contributed by atoms with E-state index in [0.717, 1.165) is 5.56 Å². The highest BCUT2D eigenvalue weighted by molar-refractivity contribution is 7.89. The molecule has 1 aliphatic heterocycles. The number of piperidine rings is 1. The smallest absolute Gasteiger partial charge is 0.243 e. The van der Waals surface area contributed by atoms with Gasteiger partial charge in [0.1, 0.15) is 0 Å². The fraction of sp³-hybridized carbons (Fsp3) is 0.562. The second kappa shape index (κ2) is 7.42. The summed E-state index contributed by atoms with van der Waals surface area (Å²) in [5, 5.41) is 11.9. The van der Waals surface area contributed by atoms with E-state index in [9.17, 15) is 18.3 Å². The minimum absolute atomic E-state index is 0.113. The summed E-state index contributed by atoms with van der Waals surface area (Å²) in [4.78, 5) is 12.3. The molecule has 1 amide bonds. The van der Waals surface area contributed by atoms with Gasteiger partial charge >= 0.3 is 0 Å². The molecule has 2 N–H and O–H groups in total. The monoisotopic (exact) mass is 340 g/mol. The zero-order valence-electron chi connectivity index (χ0n) is 13.5. The predicted octanol–water partition coefficient (Wildman–Crippen LogP) is 0.893. The minimum Gasteiger partial charge on any atom is -0.392 e. The van der Waals surface area contributed by atoms with Crippen LogP contribution in [0, 0.1) is 12.8 Å². The largest absolute Gasteiger partial charge is 0.392 e. The summed E-state index contributed by atoms with van der Waals surface area (Å²) in [5.74, 6) is -0.309. The summed E-state index contributed by atoms with van der Waals surface area (Å²) < 4.78 is 26.6. The molecule has 23 heavy (non-hydrogen) atoms. The van der Waals surface area contributed by atoms with E-state index in [2.05, 4.69) is 5.32 Å². The number of hydrogen-bond donors (Lipinski definition) is 2. The van der Waals surface area contributed by atoms with Crippen LogP contribution in [0.5, 0.6) is 0 Å². The lowest BCUT2D eigenvalue weighted by molar-refractivity contribution is -0.126. The quantitative estimate of drug-likeness (QED) is 0.833. The molecule has 1 unspecified atom stereocenters. The molecule has 0 spiro atoms. The molecule has 1 saturated heterocycles. The summed E-state index contributed by atoms with van der Waals surface area (Å²) in [6.45, 7) is 4.41. The van der Waals surface area contributed by atoms with Crippen LogP contribution in [-0.2, 0) is 14.8 Å². The number of nitrogens with one attached hydrogen (secondary N) is 1. The Balaban J connectivity index is 1.95. The van der Waals surface area contributed by atoms with Crippen molar-refractivity contribution in [3.05, 3.63) is 29.8 Å². The Hall–Kier alpha value is -1.44. The zero-order valence-corrected chi connectivity index (χ0v) is 14.3. The number of nitrogens with zero attached hydrogens (tertiary/aromatic N) is 1. The fourth-order valence-corrected chi connectivity index (χ4v) is 4.08. The molecule has 1 aromatic carbocycles. The number of amides is 1. The van der Waals surface area contributed by atoms with Gasteiger partial charge in [-0.15, -0.1) is 0 Å². The summed E-state index contributed by atoms with van der Waals surface area (Å²) in [6.07, 6.45) is 0.411. The third-order valence-corrected chi connectivity index (χ3v) is 5.97. The summed E-state index contributed by atoms with van der Waals surface area (Å²) in [6, 6.07) is 6.80. The highest BCUT2D eigenvalue weighted by Gasteiger charge is 2.31. The van der Waals surface area contributed by atoms with Crippen molar-refractivity contribution in [3.8, 4) is 0 Å². The number of benzene rings is 1. The highest BCUT2D eigenvalue weighted by Crippen LogP contribution is 2.24. The molecule has 1 heterocycles. The number of sulfonamides is 1. The first-order valence-corrected chi connectivity index (χ1v) is 9.27. The number of aryl methyl sites for hydroxylation is 1. The Morgan fingerprint density at radius 2 is 1.87 bits per heavy atom. The Morgan fingerprint density at radius 1 is 1.30 bits per heavy atom. The number of aliphatic hydroxyl groups is 1. The van der Waals surface area contributed by atoms with Gasteiger partial charge in [0.05, 0.1) is 11.0 Å². The van der Waals surface area contributed by atoms with E-state index < -0.39 is 16.1 Å². The first kappa shape index (κ1) is 17.9. The number of aliphatic hydroxyl groups excluding tert-OH is 1. The third-order valence-electron chi connectivity index (χ3n) is 4.06. The maximum atomic E-state index is 12.6. The molecule has 0 radical (unpaired) electrons. The molecule has 7 heteroatoms. The molecule has 0 aliphatic carbocycles. The number of rotatable bonds is 5. The summed E-state index contributed by atoms with van der Waals surface area (Å²) >= 11 is 0. The molecule has 1 atom stereocenters. The average molecular weight is 340 g/mol. The molecular formula is C16H24N2O4S. The Morgan fingerprint density at radius 3 is 2.39 bits per heavy atom. The van der Waals surface area contributed by atoms with E-state index in [1.54, 1.807) is 31.2 Å². The van der Waals surface area contributed by atoms with Crippen molar-refractivity contribution in [2.24, 2.45) is 5.92 Å². The lowest BCUT2D eigenvalue weighted by Crippen LogP contribution is -2.44. The van der Waals surface area contributed by atoms with Crippen LogP contribution in [0.15, 0.2) is 29.2 Å². The van der Waals surface area contributed by atoms with Gasteiger partial charge in [-0.25, -0.2) is 8.42 Å². The second-order valence-corrected chi connectivity index (χ2v) is 8.02. The second-order valence-electron chi connectivity index (χ2n) is 6.09. The van der Waals surface area contributed by atoms with Crippen LogP contribution in [0.2, 0.25) is 0 Å². The normalized spacial score (nSPS) is 18.6. The summed E-state index contributed by atoms with van der Waals surface area (Å²) in [5.41, 5.74) is 1.01. The van der Waals surface area contributed by atoms with Gasteiger partial charge in [-0.05, 0) is 38.8 Å². The first-order chi connectivity index (χ1) is 10.8. The molecule has 1 aliphatic rings. The molecule has 0 bridgehead atoms. The third kappa shape index (κ3) is 4.53. The molecule has 1 aromatic rings. The van der Waals surface area contributed by atoms with E-state index in [0.29, 0.717) is 30.8 Å². The van der Waals surface area contributed by atoms with Crippen molar-refractivity contribution in [3.63, 3.8) is 0 Å². The van der Waals surface area contributed by atoms with Crippen molar-refractivity contribution < 1.29 is 18.3 Å². The van der Waals surface area contributed by atoms with Gasteiger partial charge in [0.15, 0.2) is 0 Å². The number of carbonyl (C=O) groups excluding carboxylic acids is 1. The molecule has 128 valence electrons. The lowest BCUT2D eigenvalue weighted by atomic mass is 9.97. The Labute approximate surface area is 137 Å². The SMILES string of the molecule is Cc1ccc(S(=O)(=O)N2CCC(C(=O)NCC(C)O)CC2)cc1. The van der Waals surface area contributed by atoms with Crippen LogP contribution in [0.4, 0.5) is 0 Å². The highest BCUT2D eigenvalue weighted by atomic mass is 32.2. The number of hydrogen-bond acceptors (Lipinski definition) is 4. The molecular weight excluding hydrogens is 316 g/mol. The Bertz CT molecular complexity index is 633. The van der Waals surface area contributed by atoms with E-state index in [1.807, 2.05) is 6.92 Å². The van der Waals surface area contributed by atoms with Crippen LogP contribution in [0.3, 0.4) is 0 Å². The van der Waals surface area contributed by atoms with Gasteiger partial charge < -0.3 is 10.4 Å². The van der Waals surface area contributed by atoms with E-state index in [4.69, 9.17) is 0 Å². The maximum absolute atomic E-state index is 12.6. The molecule has 2 rings (SSSR count). The van der Waals surface area contributed by atoms with E-state index in [-0.39, 0.29) is 18.4 Å². The minimum atomic E-state index is -3.49. The van der Waals surface area contributed by atoms with Gasteiger partial charge in [0.25, 0.3) is 0 Å². The van der Waals surface area contributed by atoms with Crippen LogP contribution in [-0.4, -0.2) is 49.5 Å². The van der Waals surface area contributed by atoms with Crippen LogP contribution < -0.4 is 5.32 Å². The zero-order chi connectivity index (χ0) is 17.0. The van der Waals surface area contributed by atoms with Gasteiger partial charge in [-0.3, -0.25) is 4.79 Å². The summed E-state index contributed by atoms with van der Waals surface area (Å²) in [7, 11) is -3.49. The van der Waals surface area contributed by atoms with Gasteiger partial charge in [0.2, 0.25) is 15.9 Å². The van der Waals surface area contributed by atoms with Crippen molar-refractivity contribution in [1.29, 1.82) is 0 Å². The fourth-order valence-electron chi connectivity index (χ4n) is 2.61. The van der Waals surface area contributed by atoms with Crippen LogP contribution in [0.1, 0.15) is 25.3 Å². The predicted molar refractivity (Wildman–Crippen MR) is 87.4 cm³/mol. The van der Waals surface area contributed by atoms with Gasteiger partial charge in [-0.1, -0.05) is 17.7 Å². The van der Waals surface area contributed by atoms with E-state index in [1.165, 1.54) is 4.31 Å². The molecule has 0 aromatic heterocycles. The first-order valence-electron chi connectivity index (χ1n) is 7.83. The van der Waals surface area contributed by atoms with Crippen molar-refractivity contribution in [2.75, 3.05) is 19.6 Å². The van der Waals surface area contributed by atoms with Gasteiger partial charge in [0, 0.05) is 25.6 Å². The van der Waals surface area contributed by atoms with E-state index >= 15 is 0 Å². The maximum Gasteiger partial charge on any atom is 0.243 e. The average Bonchev–Trinajstić information content (AvgIpc) is 2.53. The van der Waals surface area contributed by atoms with Crippen molar-refractivity contribution in [1.82, 2.24) is 9.62 Å². The van der Waals surface area contributed by atoms with Crippen molar-refractivity contribution in [2.45, 2.75) is 37.7 Å². The standard InChI is InChI=1S/C16H24N2O4S/c1-12-3-5-15(6-4-12)23(21,22)18-9-7-14(8-10-18)16(20)17-11-13(2)19/h3-6,13-14,19H,7-11H2,1-2H3,(H,17,20). The Kier molecular flexibility index (Phi) is 5.78. The topological polar surface area (TPSA) is 86.7 Å². The number of carbonyl (C=O) groups is 1. The molecule has 0 saturated carbocycles. The van der Waals surface area contributed by atoms with Crippen molar-refractivity contribution >= 4 is 15.9 Å². The molecule has 6 nitrogen and oxygen atoms in total. The van der Waals surface area contributed by atoms with Crippen LogP contribution in [0.25, 0.3) is 0 Å².